The van der Waals surface area contributed by atoms with Crippen LogP contribution in [0.3, 0.4) is 0 Å². The lowest BCUT2D eigenvalue weighted by molar-refractivity contribution is 0.0954. The fraction of sp³-hybridized carbons (Fsp3) is 0.306. The molecule has 3 aromatic carbocycles. The second-order valence-electron chi connectivity index (χ2n) is 11.9. The quantitative estimate of drug-likeness (QED) is 0.190. The number of nitrogens with zero attached hydrogens (tertiary/aromatic N) is 5. The molecule has 1 amide bonds. The molecule has 242 valence electrons. The molecule has 0 saturated heterocycles. The Bertz CT molecular complexity index is 2160. The Kier molecular flexibility index (Phi) is 8.76. The average Bonchev–Trinajstić information content (AvgIpc) is 3.66. The summed E-state index contributed by atoms with van der Waals surface area (Å²) in [5.74, 6) is 3.05. The van der Waals surface area contributed by atoms with Crippen LogP contribution in [0, 0.1) is 6.92 Å². The van der Waals surface area contributed by atoms with E-state index in [0.29, 0.717) is 23.7 Å². The predicted octanol–water partition coefficient (Wildman–Crippen LogP) is 7.84. The number of amides is 1. The van der Waals surface area contributed by atoms with E-state index in [-0.39, 0.29) is 5.91 Å². The molecule has 6 aromatic rings. The van der Waals surface area contributed by atoms with Crippen molar-refractivity contribution in [2.45, 2.75) is 41.9 Å². The van der Waals surface area contributed by atoms with Crippen molar-refractivity contribution >= 4 is 62.7 Å². The molecule has 0 saturated carbocycles. The van der Waals surface area contributed by atoms with Crippen molar-refractivity contribution in [1.82, 2.24) is 29.4 Å². The summed E-state index contributed by atoms with van der Waals surface area (Å²) in [7, 11) is 7.64. The zero-order valence-electron chi connectivity index (χ0n) is 27.2. The Balaban J connectivity index is 1.37. The lowest BCUT2D eigenvalue weighted by Crippen LogP contribution is -2.22. The second kappa shape index (κ2) is 13.0. The van der Waals surface area contributed by atoms with Crippen LogP contribution >= 0.6 is 35.1 Å². The van der Waals surface area contributed by atoms with Gasteiger partial charge < -0.3 is 14.6 Å². The number of hydrogen-bond acceptors (Lipinski definition) is 6. The maximum atomic E-state index is 13.4. The topological polar surface area (TPSA) is 78.9 Å². The van der Waals surface area contributed by atoms with Gasteiger partial charge in [-0.05, 0) is 55.0 Å². The highest BCUT2D eigenvalue weighted by Gasteiger charge is 2.27. The van der Waals surface area contributed by atoms with Crippen LogP contribution in [0.15, 0.2) is 59.5 Å². The minimum Gasteiger partial charge on any atom is -0.493 e. The van der Waals surface area contributed by atoms with Crippen LogP contribution in [0.4, 0.5) is 0 Å². The van der Waals surface area contributed by atoms with Crippen LogP contribution in [0.5, 0.6) is 5.75 Å². The lowest BCUT2D eigenvalue weighted by Gasteiger charge is -2.13. The molecule has 4 heterocycles. The monoisotopic (exact) mass is 684 g/mol. The highest BCUT2D eigenvalue weighted by molar-refractivity contribution is 7.98. The molecule has 47 heavy (non-hydrogen) atoms. The van der Waals surface area contributed by atoms with Crippen LogP contribution in [0.2, 0.25) is 5.02 Å². The lowest BCUT2D eigenvalue weighted by atomic mass is 9.98. The van der Waals surface area contributed by atoms with E-state index in [9.17, 15) is 4.79 Å². The third kappa shape index (κ3) is 5.81. The number of aromatic nitrogens is 5. The van der Waals surface area contributed by atoms with E-state index in [0.717, 1.165) is 89.8 Å². The summed E-state index contributed by atoms with van der Waals surface area (Å²) in [5, 5.41) is 16.4. The van der Waals surface area contributed by atoms with Gasteiger partial charge in [0.2, 0.25) is 0 Å². The van der Waals surface area contributed by atoms with Crippen molar-refractivity contribution in [1.29, 1.82) is 0 Å². The van der Waals surface area contributed by atoms with Gasteiger partial charge in [0.05, 0.1) is 34.2 Å². The van der Waals surface area contributed by atoms with Gasteiger partial charge in [0, 0.05) is 77.9 Å². The van der Waals surface area contributed by atoms with Gasteiger partial charge >= 0.3 is 0 Å². The molecule has 0 unspecified atom stereocenters. The van der Waals surface area contributed by atoms with Crippen molar-refractivity contribution in [2.24, 2.45) is 21.1 Å². The number of aryl methyl sites for hydroxylation is 5. The van der Waals surface area contributed by atoms with Gasteiger partial charge in [-0.1, -0.05) is 41.9 Å². The number of ether oxygens (including phenoxy) is 1. The number of fused-ring (bicyclic) bond motifs is 8. The van der Waals surface area contributed by atoms with Crippen LogP contribution in [-0.2, 0) is 44.8 Å². The SMILES string of the molecule is CNC(=O)c1c2c3ccc(Cl)c(c3n1C)-c1c(C)nn(C)c1CSCc1cc(n(C)n1)CSc1cc(c3ccccc3c1)OCCC2. The molecule has 8 nitrogen and oxygen atoms in total. The van der Waals surface area contributed by atoms with Gasteiger partial charge in [0.15, 0.2) is 0 Å². The maximum absolute atomic E-state index is 13.4. The molecule has 0 aliphatic carbocycles. The van der Waals surface area contributed by atoms with Crippen LogP contribution in [-0.4, -0.2) is 43.7 Å². The molecule has 1 aliphatic rings. The van der Waals surface area contributed by atoms with Crippen molar-refractivity contribution in [3.8, 4) is 16.9 Å². The van der Waals surface area contributed by atoms with E-state index < -0.39 is 0 Å². The van der Waals surface area contributed by atoms with E-state index in [1.165, 1.54) is 5.69 Å². The molecule has 1 N–H and O–H groups in total. The molecular weight excluding hydrogens is 648 g/mol. The number of rotatable bonds is 1. The average molecular weight is 685 g/mol. The smallest absolute Gasteiger partial charge is 0.267 e. The second-order valence-corrected chi connectivity index (χ2v) is 14.4. The van der Waals surface area contributed by atoms with E-state index in [1.54, 1.807) is 18.8 Å². The Morgan fingerprint density at radius 2 is 1.79 bits per heavy atom. The maximum Gasteiger partial charge on any atom is 0.267 e. The fourth-order valence-electron chi connectivity index (χ4n) is 6.77. The number of thioether (sulfide) groups is 2. The van der Waals surface area contributed by atoms with Crippen molar-refractivity contribution in [2.75, 3.05) is 13.7 Å². The van der Waals surface area contributed by atoms with Gasteiger partial charge in [0.1, 0.15) is 11.4 Å². The standard InChI is InChI=1S/C36H37ClN6O2S2/c1-21-32-30(43(5)39-21)20-46-18-23-16-24(42(4)40-23)19-47-25-15-22-9-6-7-10-26(22)31(17-25)45-14-8-11-27-28-12-13-29(37)33(32)34(28)41(3)35(27)36(44)38-2/h6-7,9-10,12-13,15-17H,8,11,14,18-20H2,1-5H3,(H,38,44). The highest BCUT2D eigenvalue weighted by atomic mass is 35.5. The first-order chi connectivity index (χ1) is 22.7. The predicted molar refractivity (Wildman–Crippen MR) is 194 cm³/mol. The molecule has 0 radical (unpaired) electrons. The fourth-order valence-corrected chi connectivity index (χ4v) is 8.97. The van der Waals surface area contributed by atoms with Gasteiger partial charge in [-0.25, -0.2) is 0 Å². The van der Waals surface area contributed by atoms with Gasteiger partial charge in [0.25, 0.3) is 5.91 Å². The first-order valence-corrected chi connectivity index (χ1v) is 18.2. The Morgan fingerprint density at radius 3 is 2.62 bits per heavy atom. The third-order valence-corrected chi connectivity index (χ3v) is 11.3. The summed E-state index contributed by atoms with van der Waals surface area (Å²) in [6.45, 7) is 2.54. The molecule has 3 aromatic heterocycles. The van der Waals surface area contributed by atoms with Crippen molar-refractivity contribution in [3.63, 3.8) is 0 Å². The summed E-state index contributed by atoms with van der Waals surface area (Å²) in [4.78, 5) is 14.6. The molecule has 7 rings (SSSR count). The molecular formula is C36H37ClN6O2S2. The summed E-state index contributed by atoms with van der Waals surface area (Å²) in [5.41, 5.74) is 8.70. The number of hydrogen-bond donors (Lipinski definition) is 1. The summed E-state index contributed by atoms with van der Waals surface area (Å²) in [6, 6.07) is 19.0. The summed E-state index contributed by atoms with van der Waals surface area (Å²) >= 11 is 10.7. The number of carbonyl (C=O) groups excluding carboxylic acids is 1. The van der Waals surface area contributed by atoms with Crippen molar-refractivity contribution < 1.29 is 9.53 Å². The van der Waals surface area contributed by atoms with Crippen LogP contribution in [0.25, 0.3) is 32.8 Å². The highest BCUT2D eigenvalue weighted by Crippen LogP contribution is 2.43. The molecule has 0 atom stereocenters. The number of carbonyl (C=O) groups is 1. The normalized spacial score (nSPS) is 14.2. The van der Waals surface area contributed by atoms with E-state index in [1.807, 2.05) is 72.0 Å². The summed E-state index contributed by atoms with van der Waals surface area (Å²) < 4.78 is 12.5. The minimum absolute atomic E-state index is 0.125. The summed E-state index contributed by atoms with van der Waals surface area (Å²) in [6.07, 6.45) is 1.41. The first-order valence-electron chi connectivity index (χ1n) is 15.7. The minimum atomic E-state index is -0.125. The van der Waals surface area contributed by atoms with E-state index in [2.05, 4.69) is 41.7 Å². The zero-order valence-corrected chi connectivity index (χ0v) is 29.6. The molecule has 0 fully saturated rings. The number of benzene rings is 3. The molecule has 11 heteroatoms. The van der Waals surface area contributed by atoms with Crippen LogP contribution in [0.1, 0.15) is 45.2 Å². The first kappa shape index (κ1) is 31.7. The van der Waals surface area contributed by atoms with Gasteiger partial charge in [-0.3, -0.25) is 14.2 Å². The third-order valence-electron chi connectivity index (χ3n) is 8.97. The molecule has 8 bridgehead atoms. The zero-order chi connectivity index (χ0) is 32.8. The van der Waals surface area contributed by atoms with Crippen LogP contribution < -0.4 is 10.1 Å². The van der Waals surface area contributed by atoms with Crippen molar-refractivity contribution in [3.05, 3.63) is 93.7 Å². The molecule has 1 aliphatic heterocycles. The Morgan fingerprint density at radius 1 is 0.957 bits per heavy atom. The Labute approximate surface area is 287 Å². The molecule has 0 spiro atoms. The largest absolute Gasteiger partial charge is 0.493 e. The van der Waals surface area contributed by atoms with E-state index >= 15 is 0 Å². The Hall–Kier alpha value is -3.86. The van der Waals surface area contributed by atoms with Gasteiger partial charge in [-0.15, -0.1) is 23.5 Å². The number of halogens is 1. The number of nitrogens with one attached hydrogen (secondary N) is 1. The van der Waals surface area contributed by atoms with E-state index in [4.69, 9.17) is 26.5 Å². The van der Waals surface area contributed by atoms with Gasteiger partial charge in [-0.2, -0.15) is 10.2 Å².